The zero-order valence-corrected chi connectivity index (χ0v) is 12.1. The van der Waals surface area contributed by atoms with Gasteiger partial charge in [0.1, 0.15) is 11.6 Å². The lowest BCUT2D eigenvalue weighted by Gasteiger charge is -2.36. The van der Waals surface area contributed by atoms with Crippen LogP contribution in [0.5, 0.6) is 5.75 Å². The maximum Gasteiger partial charge on any atom is 0.331 e. The highest BCUT2D eigenvalue weighted by Gasteiger charge is 2.33. The maximum absolute atomic E-state index is 13.1. The lowest BCUT2D eigenvalue weighted by Crippen LogP contribution is -2.39. The van der Waals surface area contributed by atoms with Crippen molar-refractivity contribution in [3.8, 4) is 5.75 Å². The molecule has 22 heavy (non-hydrogen) atoms. The molecule has 4 nitrogen and oxygen atoms in total. The van der Waals surface area contributed by atoms with E-state index in [0.717, 1.165) is 16.9 Å². The molecule has 0 aliphatic carbocycles. The molecule has 1 aliphatic rings. The van der Waals surface area contributed by atoms with Gasteiger partial charge >= 0.3 is 5.97 Å². The second-order valence-electron chi connectivity index (χ2n) is 5.23. The highest BCUT2D eigenvalue weighted by atomic mass is 19.1. The maximum atomic E-state index is 13.1. The number of carboxylic acids is 1. The summed E-state index contributed by atoms with van der Waals surface area (Å²) in [6.07, 6.45) is 0.716. The Morgan fingerprint density at radius 1 is 1.27 bits per heavy atom. The normalized spacial score (nSPS) is 17.0. The van der Waals surface area contributed by atoms with Crippen LogP contribution in [0.1, 0.15) is 17.2 Å². The molecule has 1 atom stereocenters. The molecule has 0 radical (unpaired) electrons. The smallest absolute Gasteiger partial charge is 0.331 e. The van der Waals surface area contributed by atoms with E-state index >= 15 is 0 Å². The molecule has 114 valence electrons. The van der Waals surface area contributed by atoms with Crippen molar-refractivity contribution in [2.45, 2.75) is 12.5 Å². The van der Waals surface area contributed by atoms with Crippen LogP contribution in [0.4, 0.5) is 10.1 Å². The molecule has 2 aromatic rings. The first kappa shape index (κ1) is 14.4. The summed E-state index contributed by atoms with van der Waals surface area (Å²) in [5, 5.41) is 9.65. The third-order valence-electron chi connectivity index (χ3n) is 3.97. The SMILES string of the molecule is COc1ccc2c(c1)CCN(c1ccc(F)cc1)[C@H]2C(=O)O. The molecule has 3 rings (SSSR count). The highest BCUT2D eigenvalue weighted by molar-refractivity contribution is 5.81. The van der Waals surface area contributed by atoms with Gasteiger partial charge in [-0.25, -0.2) is 9.18 Å². The number of nitrogens with zero attached hydrogens (tertiary/aromatic N) is 1. The first-order valence-electron chi connectivity index (χ1n) is 7.02. The first-order chi connectivity index (χ1) is 10.6. The van der Waals surface area contributed by atoms with Crippen LogP contribution >= 0.6 is 0 Å². The minimum absolute atomic E-state index is 0.335. The van der Waals surface area contributed by atoms with E-state index in [2.05, 4.69) is 0 Å². The molecule has 0 saturated carbocycles. The predicted molar refractivity (Wildman–Crippen MR) is 80.8 cm³/mol. The average molecular weight is 301 g/mol. The molecular weight excluding hydrogens is 285 g/mol. The number of fused-ring (bicyclic) bond motifs is 1. The van der Waals surface area contributed by atoms with Crippen molar-refractivity contribution >= 4 is 11.7 Å². The fraction of sp³-hybridized carbons (Fsp3) is 0.235. The number of benzene rings is 2. The van der Waals surface area contributed by atoms with Crippen molar-refractivity contribution in [3.05, 3.63) is 59.4 Å². The number of anilines is 1. The van der Waals surface area contributed by atoms with Gasteiger partial charge in [0.25, 0.3) is 0 Å². The number of rotatable bonds is 3. The predicted octanol–water partition coefficient (Wildman–Crippen LogP) is 3.02. The van der Waals surface area contributed by atoms with E-state index < -0.39 is 12.0 Å². The summed E-state index contributed by atoms with van der Waals surface area (Å²) in [7, 11) is 1.59. The van der Waals surface area contributed by atoms with Gasteiger partial charge in [-0.15, -0.1) is 0 Å². The van der Waals surface area contributed by atoms with Crippen LogP contribution in [-0.2, 0) is 11.2 Å². The van der Waals surface area contributed by atoms with E-state index in [1.807, 2.05) is 6.07 Å². The number of aliphatic carboxylic acids is 1. The third kappa shape index (κ3) is 2.50. The molecular formula is C17H16FNO3. The lowest BCUT2D eigenvalue weighted by atomic mass is 9.91. The van der Waals surface area contributed by atoms with E-state index in [0.29, 0.717) is 18.7 Å². The Morgan fingerprint density at radius 2 is 2.00 bits per heavy atom. The number of carboxylic acid groups (broad SMARTS) is 1. The zero-order valence-electron chi connectivity index (χ0n) is 12.1. The monoisotopic (exact) mass is 301 g/mol. The first-order valence-corrected chi connectivity index (χ1v) is 7.02. The summed E-state index contributed by atoms with van der Waals surface area (Å²) in [4.78, 5) is 13.6. The fourth-order valence-electron chi connectivity index (χ4n) is 2.91. The molecule has 0 aromatic heterocycles. The fourth-order valence-corrected chi connectivity index (χ4v) is 2.91. The molecule has 0 fully saturated rings. The minimum Gasteiger partial charge on any atom is -0.497 e. The van der Waals surface area contributed by atoms with Crippen LogP contribution < -0.4 is 9.64 Å². The summed E-state index contributed by atoms with van der Waals surface area (Å²) in [6.45, 7) is 0.558. The van der Waals surface area contributed by atoms with Crippen molar-refractivity contribution in [1.82, 2.24) is 0 Å². The second-order valence-corrected chi connectivity index (χ2v) is 5.23. The number of ether oxygens (including phenoxy) is 1. The Morgan fingerprint density at radius 3 is 2.64 bits per heavy atom. The van der Waals surface area contributed by atoms with E-state index in [1.54, 1.807) is 36.3 Å². The van der Waals surface area contributed by atoms with Gasteiger partial charge in [0.05, 0.1) is 7.11 Å². The molecule has 0 spiro atoms. The number of hydrogen-bond acceptors (Lipinski definition) is 3. The quantitative estimate of drug-likeness (QED) is 0.946. The van der Waals surface area contributed by atoms with Gasteiger partial charge in [0.2, 0.25) is 0 Å². The van der Waals surface area contributed by atoms with Gasteiger partial charge in [-0.3, -0.25) is 0 Å². The molecule has 0 amide bonds. The number of carbonyl (C=O) groups is 1. The van der Waals surface area contributed by atoms with Crippen LogP contribution in [0.3, 0.4) is 0 Å². The topological polar surface area (TPSA) is 49.8 Å². The summed E-state index contributed by atoms with van der Waals surface area (Å²) in [5.74, 6) is -0.536. The van der Waals surface area contributed by atoms with Gasteiger partial charge < -0.3 is 14.7 Å². The largest absolute Gasteiger partial charge is 0.497 e. The molecule has 1 N–H and O–H groups in total. The molecule has 0 saturated heterocycles. The van der Waals surface area contributed by atoms with Crippen LogP contribution in [-0.4, -0.2) is 24.7 Å². The number of hydrogen-bond donors (Lipinski definition) is 1. The van der Waals surface area contributed by atoms with Crippen LogP contribution in [0.25, 0.3) is 0 Å². The van der Waals surface area contributed by atoms with Gasteiger partial charge in [0.15, 0.2) is 6.04 Å². The standard InChI is InChI=1S/C17H16FNO3/c1-22-14-6-7-15-11(10-14)8-9-19(16(15)17(20)21)13-4-2-12(18)3-5-13/h2-7,10,16H,8-9H2,1H3,(H,20,21)/t16-/m1/s1. The van der Waals surface area contributed by atoms with Crippen molar-refractivity contribution in [1.29, 1.82) is 0 Å². The number of halogens is 1. The van der Waals surface area contributed by atoms with Crippen LogP contribution in [0.2, 0.25) is 0 Å². The van der Waals surface area contributed by atoms with E-state index in [-0.39, 0.29) is 5.82 Å². The van der Waals surface area contributed by atoms with Gasteiger partial charge in [0, 0.05) is 12.2 Å². The van der Waals surface area contributed by atoms with Gasteiger partial charge in [-0.2, -0.15) is 0 Å². The molecule has 2 aromatic carbocycles. The Balaban J connectivity index is 2.03. The highest BCUT2D eigenvalue weighted by Crippen LogP contribution is 2.35. The molecule has 5 heteroatoms. The van der Waals surface area contributed by atoms with E-state index in [4.69, 9.17) is 4.74 Å². The van der Waals surface area contributed by atoms with Crippen molar-refractivity contribution < 1.29 is 19.0 Å². The lowest BCUT2D eigenvalue weighted by molar-refractivity contribution is -0.138. The summed E-state index contributed by atoms with van der Waals surface area (Å²) in [5.41, 5.74) is 2.43. The zero-order chi connectivity index (χ0) is 15.7. The third-order valence-corrected chi connectivity index (χ3v) is 3.97. The molecule has 1 heterocycles. The average Bonchev–Trinajstić information content (AvgIpc) is 2.53. The number of methoxy groups -OCH3 is 1. The Labute approximate surface area is 127 Å². The van der Waals surface area contributed by atoms with E-state index in [1.165, 1.54) is 12.1 Å². The Kier molecular flexibility index (Phi) is 3.71. The molecule has 0 unspecified atom stereocenters. The summed E-state index contributed by atoms with van der Waals surface area (Å²) in [6, 6.07) is 10.6. The van der Waals surface area contributed by atoms with Gasteiger partial charge in [-0.05, 0) is 53.9 Å². The van der Waals surface area contributed by atoms with Crippen molar-refractivity contribution in [2.24, 2.45) is 0 Å². The summed E-state index contributed by atoms with van der Waals surface area (Å²) < 4.78 is 18.3. The minimum atomic E-state index is -0.921. The van der Waals surface area contributed by atoms with Gasteiger partial charge in [-0.1, -0.05) is 6.07 Å². The molecule has 1 aliphatic heterocycles. The summed E-state index contributed by atoms with van der Waals surface area (Å²) >= 11 is 0. The van der Waals surface area contributed by atoms with Crippen LogP contribution in [0.15, 0.2) is 42.5 Å². The van der Waals surface area contributed by atoms with Crippen molar-refractivity contribution in [3.63, 3.8) is 0 Å². The second kappa shape index (κ2) is 5.67. The van der Waals surface area contributed by atoms with Crippen molar-refractivity contribution in [2.75, 3.05) is 18.6 Å². The van der Waals surface area contributed by atoms with E-state index in [9.17, 15) is 14.3 Å². The van der Waals surface area contributed by atoms with Crippen LogP contribution in [0, 0.1) is 5.82 Å². The Hall–Kier alpha value is -2.56. The Bertz CT molecular complexity index is 700. The molecule has 0 bridgehead atoms.